The number of benzene rings is 2. The third-order valence-corrected chi connectivity index (χ3v) is 3.63. The van der Waals surface area contributed by atoms with Crippen LogP contribution in [0.15, 0.2) is 60.9 Å². The smallest absolute Gasteiger partial charge is 0.258 e. The van der Waals surface area contributed by atoms with Crippen molar-refractivity contribution in [2.75, 3.05) is 10.6 Å². The lowest BCUT2D eigenvalue weighted by atomic mass is 10.2. The average molecular weight is 339 g/mol. The molecule has 5 nitrogen and oxygen atoms in total. The van der Waals surface area contributed by atoms with Crippen molar-refractivity contribution in [3.63, 3.8) is 0 Å². The van der Waals surface area contributed by atoms with Crippen LogP contribution in [0.25, 0.3) is 0 Å². The second-order valence-electron chi connectivity index (χ2n) is 5.20. The van der Waals surface area contributed by atoms with Gasteiger partial charge in [-0.1, -0.05) is 35.9 Å². The monoisotopic (exact) mass is 338 g/mol. The van der Waals surface area contributed by atoms with E-state index in [-0.39, 0.29) is 5.91 Å². The predicted molar refractivity (Wildman–Crippen MR) is 95.9 cm³/mol. The number of halogens is 1. The maximum absolute atomic E-state index is 12.2. The maximum Gasteiger partial charge on any atom is 0.258 e. The van der Waals surface area contributed by atoms with Crippen molar-refractivity contribution < 1.29 is 4.79 Å². The second kappa shape index (κ2) is 7.10. The number of nitrogens with one attached hydrogen (secondary N) is 2. The Hall–Kier alpha value is -2.92. The Bertz CT molecular complexity index is 851. The molecule has 2 aromatic carbocycles. The SMILES string of the molecule is Cc1ccc(Cl)cc1Nc1ncc(C(=O)Nc2ccccc2)cn1. The van der Waals surface area contributed by atoms with Gasteiger partial charge in [-0.25, -0.2) is 9.97 Å². The Balaban J connectivity index is 1.71. The number of aryl methyl sites for hydroxylation is 1. The molecule has 0 saturated heterocycles. The van der Waals surface area contributed by atoms with Gasteiger partial charge in [-0.3, -0.25) is 4.79 Å². The molecule has 0 aliphatic heterocycles. The number of nitrogens with zero attached hydrogens (tertiary/aromatic N) is 2. The van der Waals surface area contributed by atoms with Gasteiger partial charge in [-0.05, 0) is 36.8 Å². The summed E-state index contributed by atoms with van der Waals surface area (Å²) < 4.78 is 0. The van der Waals surface area contributed by atoms with E-state index in [9.17, 15) is 4.79 Å². The van der Waals surface area contributed by atoms with Crippen molar-refractivity contribution in [1.29, 1.82) is 0 Å². The van der Waals surface area contributed by atoms with Crippen molar-refractivity contribution in [3.8, 4) is 0 Å². The summed E-state index contributed by atoms with van der Waals surface area (Å²) in [5, 5.41) is 6.50. The average Bonchev–Trinajstić information content (AvgIpc) is 2.60. The van der Waals surface area contributed by atoms with E-state index in [0.717, 1.165) is 16.9 Å². The molecule has 0 aliphatic carbocycles. The first-order valence-corrected chi connectivity index (χ1v) is 7.71. The standard InChI is InChI=1S/C18H15ClN4O/c1-12-7-8-14(19)9-16(12)23-18-20-10-13(11-21-18)17(24)22-15-5-3-2-4-6-15/h2-11H,1H3,(H,22,24)(H,20,21,23). The molecule has 120 valence electrons. The first-order valence-electron chi connectivity index (χ1n) is 7.33. The van der Waals surface area contributed by atoms with E-state index in [4.69, 9.17) is 11.6 Å². The molecule has 1 heterocycles. The minimum Gasteiger partial charge on any atom is -0.324 e. The van der Waals surface area contributed by atoms with Crippen molar-refractivity contribution in [2.24, 2.45) is 0 Å². The molecule has 2 N–H and O–H groups in total. The number of anilines is 3. The molecule has 0 fully saturated rings. The van der Waals surface area contributed by atoms with Crippen LogP contribution in [-0.2, 0) is 0 Å². The first kappa shape index (κ1) is 16.0. The lowest BCUT2D eigenvalue weighted by Crippen LogP contribution is -2.13. The highest BCUT2D eigenvalue weighted by Gasteiger charge is 2.08. The number of rotatable bonds is 4. The summed E-state index contributed by atoms with van der Waals surface area (Å²) in [5.41, 5.74) is 2.95. The van der Waals surface area contributed by atoms with Crippen LogP contribution < -0.4 is 10.6 Å². The highest BCUT2D eigenvalue weighted by molar-refractivity contribution is 6.30. The number of aromatic nitrogens is 2. The summed E-state index contributed by atoms with van der Waals surface area (Å²) >= 11 is 5.99. The molecule has 0 unspecified atom stereocenters. The molecule has 0 aliphatic rings. The fourth-order valence-electron chi connectivity index (χ4n) is 2.08. The van der Waals surface area contributed by atoms with Gasteiger partial charge in [0.05, 0.1) is 5.56 Å². The van der Waals surface area contributed by atoms with Crippen LogP contribution in [-0.4, -0.2) is 15.9 Å². The zero-order valence-corrected chi connectivity index (χ0v) is 13.7. The molecule has 3 rings (SSSR count). The maximum atomic E-state index is 12.2. The van der Waals surface area contributed by atoms with E-state index in [0.29, 0.717) is 16.5 Å². The van der Waals surface area contributed by atoms with Crippen LogP contribution in [0.1, 0.15) is 15.9 Å². The molecule has 0 atom stereocenters. The highest BCUT2D eigenvalue weighted by atomic mass is 35.5. The Morgan fingerprint density at radius 3 is 2.46 bits per heavy atom. The molecule has 0 saturated carbocycles. The van der Waals surface area contributed by atoms with Gasteiger partial charge in [0.15, 0.2) is 0 Å². The molecule has 3 aromatic rings. The second-order valence-corrected chi connectivity index (χ2v) is 5.64. The normalized spacial score (nSPS) is 10.2. The molecular weight excluding hydrogens is 324 g/mol. The Labute approximate surface area is 144 Å². The van der Waals surface area contributed by atoms with Crippen LogP contribution in [0.3, 0.4) is 0 Å². The fourth-order valence-corrected chi connectivity index (χ4v) is 2.26. The molecule has 6 heteroatoms. The van der Waals surface area contributed by atoms with Gasteiger partial charge in [0.25, 0.3) is 5.91 Å². The van der Waals surface area contributed by atoms with Crippen LogP contribution in [0, 0.1) is 6.92 Å². The van der Waals surface area contributed by atoms with E-state index in [1.807, 2.05) is 49.4 Å². The van der Waals surface area contributed by atoms with Crippen LogP contribution >= 0.6 is 11.6 Å². The minimum atomic E-state index is -0.258. The highest BCUT2D eigenvalue weighted by Crippen LogP contribution is 2.22. The molecule has 0 radical (unpaired) electrons. The lowest BCUT2D eigenvalue weighted by molar-refractivity contribution is 0.102. The summed E-state index contributed by atoms with van der Waals surface area (Å²) in [7, 11) is 0. The number of carbonyl (C=O) groups excluding carboxylic acids is 1. The van der Waals surface area contributed by atoms with Crippen molar-refractivity contribution in [1.82, 2.24) is 9.97 Å². The third-order valence-electron chi connectivity index (χ3n) is 3.39. The van der Waals surface area contributed by atoms with Crippen LogP contribution in [0.4, 0.5) is 17.3 Å². The molecule has 0 spiro atoms. The number of hydrogen-bond acceptors (Lipinski definition) is 4. The third kappa shape index (κ3) is 3.88. The van der Waals surface area contributed by atoms with Gasteiger partial charge in [0, 0.05) is 28.8 Å². The summed E-state index contributed by atoms with van der Waals surface area (Å²) in [6.07, 6.45) is 2.96. The van der Waals surface area contributed by atoms with E-state index < -0.39 is 0 Å². The molecular formula is C18H15ClN4O. The van der Waals surface area contributed by atoms with Crippen molar-refractivity contribution >= 4 is 34.8 Å². The first-order chi connectivity index (χ1) is 11.6. The number of carbonyl (C=O) groups is 1. The predicted octanol–water partition coefficient (Wildman–Crippen LogP) is 4.43. The molecule has 1 aromatic heterocycles. The quantitative estimate of drug-likeness (QED) is 0.738. The van der Waals surface area contributed by atoms with E-state index >= 15 is 0 Å². The van der Waals surface area contributed by atoms with Crippen molar-refractivity contribution in [2.45, 2.75) is 6.92 Å². The topological polar surface area (TPSA) is 66.9 Å². The van der Waals surface area contributed by atoms with E-state index in [1.165, 1.54) is 12.4 Å². The lowest BCUT2D eigenvalue weighted by Gasteiger charge is -2.09. The van der Waals surface area contributed by atoms with E-state index in [2.05, 4.69) is 20.6 Å². The van der Waals surface area contributed by atoms with Gasteiger partial charge in [-0.15, -0.1) is 0 Å². The zero-order chi connectivity index (χ0) is 16.9. The number of hydrogen-bond donors (Lipinski definition) is 2. The van der Waals surface area contributed by atoms with Gasteiger partial charge < -0.3 is 10.6 Å². The summed E-state index contributed by atoms with van der Waals surface area (Å²) in [5.74, 6) is 0.142. The van der Waals surface area contributed by atoms with Gasteiger partial charge in [0.1, 0.15) is 0 Å². The van der Waals surface area contributed by atoms with Gasteiger partial charge in [-0.2, -0.15) is 0 Å². The van der Waals surface area contributed by atoms with Gasteiger partial charge >= 0.3 is 0 Å². The van der Waals surface area contributed by atoms with Gasteiger partial charge in [0.2, 0.25) is 5.95 Å². The molecule has 1 amide bonds. The van der Waals surface area contributed by atoms with E-state index in [1.54, 1.807) is 6.07 Å². The molecule has 24 heavy (non-hydrogen) atoms. The zero-order valence-electron chi connectivity index (χ0n) is 13.0. The van der Waals surface area contributed by atoms with Crippen molar-refractivity contribution in [3.05, 3.63) is 77.1 Å². The minimum absolute atomic E-state index is 0.258. The Kier molecular flexibility index (Phi) is 4.72. The summed E-state index contributed by atoms with van der Waals surface area (Å²) in [6.45, 7) is 1.96. The summed E-state index contributed by atoms with van der Waals surface area (Å²) in [6, 6.07) is 14.8. The Morgan fingerprint density at radius 2 is 1.75 bits per heavy atom. The molecule has 0 bridgehead atoms. The largest absolute Gasteiger partial charge is 0.324 e. The van der Waals surface area contributed by atoms with Crippen LogP contribution in [0.5, 0.6) is 0 Å². The van der Waals surface area contributed by atoms with Crippen LogP contribution in [0.2, 0.25) is 5.02 Å². The number of para-hydroxylation sites is 1. The Morgan fingerprint density at radius 1 is 1.04 bits per heavy atom. The summed E-state index contributed by atoms with van der Waals surface area (Å²) in [4.78, 5) is 20.5. The fraction of sp³-hybridized carbons (Fsp3) is 0.0556. The number of amides is 1.